The van der Waals surface area contributed by atoms with Crippen LogP contribution in [0.4, 0.5) is 0 Å². The number of hydrogen-bond donors (Lipinski definition) is 1. The van der Waals surface area contributed by atoms with Crippen molar-refractivity contribution in [2.45, 2.75) is 18.5 Å². The third-order valence-corrected chi connectivity index (χ3v) is 3.73. The van der Waals surface area contributed by atoms with Gasteiger partial charge < -0.3 is 14.6 Å². The smallest absolute Gasteiger partial charge is 0.127 e. The van der Waals surface area contributed by atoms with Crippen LogP contribution in [0.25, 0.3) is 0 Å². The van der Waals surface area contributed by atoms with Gasteiger partial charge in [0.1, 0.15) is 18.1 Å². The molecule has 0 aromatic heterocycles. The largest absolute Gasteiger partial charge is 0.508 e. The van der Waals surface area contributed by atoms with Crippen LogP contribution in [0.15, 0.2) is 18.2 Å². The molecule has 4 nitrogen and oxygen atoms in total. The van der Waals surface area contributed by atoms with E-state index in [9.17, 15) is 5.11 Å². The molecule has 2 atom stereocenters. The minimum absolute atomic E-state index is 0.260. The molecule has 0 aliphatic carbocycles. The molecule has 2 unspecified atom stereocenters. The molecule has 1 fully saturated rings. The first-order valence-electron chi connectivity index (χ1n) is 6.01. The van der Waals surface area contributed by atoms with Crippen molar-refractivity contribution in [2.24, 2.45) is 0 Å². The number of likely N-dealkylation sites (N-methyl/N-ethyl adjacent to an activating group) is 1. The van der Waals surface area contributed by atoms with Gasteiger partial charge in [-0.1, -0.05) is 0 Å². The minimum atomic E-state index is 0.260. The van der Waals surface area contributed by atoms with Crippen molar-refractivity contribution in [3.8, 4) is 11.5 Å². The van der Waals surface area contributed by atoms with E-state index in [0.29, 0.717) is 12.6 Å². The van der Waals surface area contributed by atoms with Crippen LogP contribution in [-0.4, -0.2) is 42.9 Å². The minimum Gasteiger partial charge on any atom is -0.508 e. The molecule has 0 radical (unpaired) electrons. The van der Waals surface area contributed by atoms with Gasteiger partial charge in [0.15, 0.2) is 0 Å². The Bertz CT molecular complexity index is 415. The molecule has 1 N–H and O–H groups in total. The summed E-state index contributed by atoms with van der Waals surface area (Å²) in [7, 11) is 2.12. The fourth-order valence-corrected chi connectivity index (χ4v) is 2.62. The van der Waals surface area contributed by atoms with Crippen molar-refractivity contribution in [3.05, 3.63) is 23.8 Å². The molecule has 0 saturated carbocycles. The molecule has 1 aromatic carbocycles. The third kappa shape index (κ3) is 1.87. The first-order chi connectivity index (χ1) is 8.25. The molecular formula is C13H17NO3. The maximum Gasteiger partial charge on any atom is 0.127 e. The first kappa shape index (κ1) is 10.9. The molecule has 92 valence electrons. The molecule has 2 aliphatic rings. The summed E-state index contributed by atoms with van der Waals surface area (Å²) in [4.78, 5) is 2.33. The summed E-state index contributed by atoms with van der Waals surface area (Å²) in [6, 6.07) is 6.11. The highest BCUT2D eigenvalue weighted by molar-refractivity contribution is 5.44. The van der Waals surface area contributed by atoms with E-state index in [2.05, 4.69) is 11.9 Å². The number of rotatable bonds is 2. The van der Waals surface area contributed by atoms with Crippen LogP contribution in [0.1, 0.15) is 18.0 Å². The van der Waals surface area contributed by atoms with Crippen molar-refractivity contribution < 1.29 is 14.6 Å². The van der Waals surface area contributed by atoms with E-state index in [0.717, 1.165) is 30.9 Å². The maximum absolute atomic E-state index is 9.42. The van der Waals surface area contributed by atoms with E-state index in [1.54, 1.807) is 12.1 Å². The summed E-state index contributed by atoms with van der Waals surface area (Å²) in [5, 5.41) is 9.42. The predicted molar refractivity (Wildman–Crippen MR) is 63.3 cm³/mol. The highest BCUT2D eigenvalue weighted by Crippen LogP contribution is 2.38. The number of phenols is 1. The molecule has 4 heteroatoms. The van der Waals surface area contributed by atoms with E-state index in [1.165, 1.54) is 0 Å². The number of hydrogen-bond acceptors (Lipinski definition) is 4. The van der Waals surface area contributed by atoms with Crippen molar-refractivity contribution in [1.82, 2.24) is 4.90 Å². The lowest BCUT2D eigenvalue weighted by molar-refractivity contribution is 0.119. The standard InChI is InChI=1S/C13H17NO3/c1-14(9-4-5-16-7-9)12-8-17-13-6-10(15)2-3-11(12)13/h2-3,6,9,12,15H,4-5,7-8H2,1H3. The normalized spacial score (nSPS) is 27.2. The van der Waals surface area contributed by atoms with Crippen LogP contribution >= 0.6 is 0 Å². The zero-order valence-corrected chi connectivity index (χ0v) is 9.93. The summed E-state index contributed by atoms with van der Waals surface area (Å²) >= 11 is 0. The molecular weight excluding hydrogens is 218 g/mol. The van der Waals surface area contributed by atoms with E-state index >= 15 is 0 Å². The SMILES string of the molecule is CN(C1CCOC1)C1COc2cc(O)ccc21. The van der Waals surface area contributed by atoms with Gasteiger partial charge in [-0.15, -0.1) is 0 Å². The Balaban J connectivity index is 1.82. The van der Waals surface area contributed by atoms with Gasteiger partial charge in [0.25, 0.3) is 0 Å². The van der Waals surface area contributed by atoms with Gasteiger partial charge in [0.2, 0.25) is 0 Å². The van der Waals surface area contributed by atoms with E-state index in [-0.39, 0.29) is 11.8 Å². The lowest BCUT2D eigenvalue weighted by Gasteiger charge is -2.28. The first-order valence-corrected chi connectivity index (χ1v) is 6.01. The molecule has 0 bridgehead atoms. The summed E-state index contributed by atoms with van der Waals surface area (Å²) in [6.07, 6.45) is 1.08. The molecule has 0 amide bonds. The Hall–Kier alpha value is -1.26. The van der Waals surface area contributed by atoms with Crippen molar-refractivity contribution in [1.29, 1.82) is 0 Å². The van der Waals surface area contributed by atoms with Crippen LogP contribution in [0, 0.1) is 0 Å². The monoisotopic (exact) mass is 235 g/mol. The Kier molecular flexibility index (Phi) is 2.68. The van der Waals surface area contributed by atoms with Gasteiger partial charge in [-0.25, -0.2) is 0 Å². The molecule has 3 rings (SSSR count). The average Bonchev–Trinajstić information content (AvgIpc) is 2.96. The van der Waals surface area contributed by atoms with Crippen molar-refractivity contribution in [2.75, 3.05) is 26.9 Å². The highest BCUT2D eigenvalue weighted by Gasteiger charge is 2.33. The number of aromatic hydroxyl groups is 1. The number of fused-ring (bicyclic) bond motifs is 1. The second kappa shape index (κ2) is 4.20. The fraction of sp³-hybridized carbons (Fsp3) is 0.538. The average molecular weight is 235 g/mol. The van der Waals surface area contributed by atoms with Gasteiger partial charge in [-0.05, 0) is 25.6 Å². The van der Waals surface area contributed by atoms with Crippen molar-refractivity contribution in [3.63, 3.8) is 0 Å². The Morgan fingerprint density at radius 1 is 1.35 bits per heavy atom. The molecule has 17 heavy (non-hydrogen) atoms. The number of ether oxygens (including phenoxy) is 2. The Labute approximate surface area is 101 Å². The van der Waals surface area contributed by atoms with Gasteiger partial charge in [-0.3, -0.25) is 4.90 Å². The van der Waals surface area contributed by atoms with Gasteiger partial charge in [0.05, 0.1) is 12.6 Å². The van der Waals surface area contributed by atoms with Gasteiger partial charge in [0, 0.05) is 24.3 Å². The summed E-state index contributed by atoms with van der Waals surface area (Å²) in [5.74, 6) is 1.07. The highest BCUT2D eigenvalue weighted by atomic mass is 16.5. The Morgan fingerprint density at radius 2 is 2.24 bits per heavy atom. The number of nitrogens with zero attached hydrogens (tertiary/aromatic N) is 1. The molecule has 1 saturated heterocycles. The second-order valence-corrected chi connectivity index (χ2v) is 4.73. The lowest BCUT2D eigenvalue weighted by atomic mass is 10.1. The lowest BCUT2D eigenvalue weighted by Crippen LogP contribution is -2.36. The van der Waals surface area contributed by atoms with Crippen molar-refractivity contribution >= 4 is 0 Å². The maximum atomic E-state index is 9.42. The zero-order chi connectivity index (χ0) is 11.8. The van der Waals surface area contributed by atoms with E-state index in [4.69, 9.17) is 9.47 Å². The van der Waals surface area contributed by atoms with Crippen LogP contribution in [0.5, 0.6) is 11.5 Å². The van der Waals surface area contributed by atoms with E-state index in [1.807, 2.05) is 6.07 Å². The number of benzene rings is 1. The summed E-state index contributed by atoms with van der Waals surface area (Å²) in [6.45, 7) is 2.32. The molecule has 0 spiro atoms. The predicted octanol–water partition coefficient (Wildman–Crippen LogP) is 1.55. The Morgan fingerprint density at radius 3 is 3.00 bits per heavy atom. The van der Waals surface area contributed by atoms with Crippen LogP contribution < -0.4 is 4.74 Å². The second-order valence-electron chi connectivity index (χ2n) is 4.73. The molecule has 2 aliphatic heterocycles. The summed E-state index contributed by atoms with van der Waals surface area (Å²) in [5.41, 5.74) is 1.16. The van der Waals surface area contributed by atoms with Gasteiger partial charge >= 0.3 is 0 Å². The zero-order valence-electron chi connectivity index (χ0n) is 9.93. The summed E-state index contributed by atoms with van der Waals surface area (Å²) < 4.78 is 11.1. The van der Waals surface area contributed by atoms with Gasteiger partial charge in [-0.2, -0.15) is 0 Å². The van der Waals surface area contributed by atoms with E-state index < -0.39 is 0 Å². The van der Waals surface area contributed by atoms with Crippen LogP contribution in [0.3, 0.4) is 0 Å². The topological polar surface area (TPSA) is 41.9 Å². The van der Waals surface area contributed by atoms with Crippen LogP contribution in [0.2, 0.25) is 0 Å². The fourth-order valence-electron chi connectivity index (χ4n) is 2.62. The quantitative estimate of drug-likeness (QED) is 0.844. The van der Waals surface area contributed by atoms with Crippen LogP contribution in [-0.2, 0) is 4.74 Å². The molecule has 2 heterocycles. The molecule has 1 aromatic rings. The third-order valence-electron chi connectivity index (χ3n) is 3.73. The number of phenolic OH excluding ortho intramolecular Hbond substituents is 1.